The van der Waals surface area contributed by atoms with Crippen molar-refractivity contribution in [1.29, 1.82) is 0 Å². The lowest BCUT2D eigenvalue weighted by atomic mass is 9.84. The first-order chi connectivity index (χ1) is 14.5. The molecule has 4 aliphatic rings. The Bertz CT molecular complexity index is 935. The lowest BCUT2D eigenvalue weighted by Gasteiger charge is -2.27. The minimum absolute atomic E-state index is 0.122. The topological polar surface area (TPSA) is 108 Å². The molecule has 3 fully saturated rings. The van der Waals surface area contributed by atoms with Crippen LogP contribution in [0.5, 0.6) is 0 Å². The molecule has 2 bridgehead atoms. The van der Waals surface area contributed by atoms with Gasteiger partial charge < -0.3 is 10.6 Å². The van der Waals surface area contributed by atoms with Crippen molar-refractivity contribution in [2.75, 3.05) is 13.1 Å². The third-order valence-electron chi connectivity index (χ3n) is 7.13. The molecule has 8 nitrogen and oxygen atoms in total. The summed E-state index contributed by atoms with van der Waals surface area (Å²) in [7, 11) is 0. The SMILES string of the molecule is O=C1CCC(N2C(=O)c3ccc(CNCCC45CCC(C4)NC5)cc3C2=O)C(=O)N1. The predicted octanol–water partition coefficient (Wildman–Crippen LogP) is 0.710. The van der Waals surface area contributed by atoms with Gasteiger partial charge >= 0.3 is 0 Å². The summed E-state index contributed by atoms with van der Waals surface area (Å²) in [5.74, 6) is -1.88. The van der Waals surface area contributed by atoms with Crippen molar-refractivity contribution in [2.24, 2.45) is 5.41 Å². The van der Waals surface area contributed by atoms with Crippen LogP contribution in [0.15, 0.2) is 18.2 Å². The van der Waals surface area contributed by atoms with Gasteiger partial charge in [-0.3, -0.25) is 29.4 Å². The fourth-order valence-corrected chi connectivity index (χ4v) is 5.43. The molecule has 0 radical (unpaired) electrons. The van der Waals surface area contributed by atoms with Crippen LogP contribution >= 0.6 is 0 Å². The number of rotatable bonds is 6. The summed E-state index contributed by atoms with van der Waals surface area (Å²) in [6.07, 6.45) is 5.30. The number of carbonyl (C=O) groups is 4. The van der Waals surface area contributed by atoms with Gasteiger partial charge in [0.15, 0.2) is 0 Å². The maximum Gasteiger partial charge on any atom is 0.262 e. The summed E-state index contributed by atoms with van der Waals surface area (Å²) in [6, 6.07) is 5.05. The van der Waals surface area contributed by atoms with Gasteiger partial charge in [-0.25, -0.2) is 0 Å². The molecular weight excluding hydrogens is 384 g/mol. The van der Waals surface area contributed by atoms with Crippen molar-refractivity contribution >= 4 is 23.6 Å². The third kappa shape index (κ3) is 3.24. The number of nitrogens with zero attached hydrogens (tertiary/aromatic N) is 1. The fourth-order valence-electron chi connectivity index (χ4n) is 5.43. The second kappa shape index (κ2) is 7.28. The fraction of sp³-hybridized carbons (Fsp3) is 0.545. The highest BCUT2D eigenvalue weighted by Crippen LogP contribution is 2.45. The van der Waals surface area contributed by atoms with E-state index in [-0.39, 0.29) is 18.7 Å². The van der Waals surface area contributed by atoms with E-state index in [2.05, 4.69) is 16.0 Å². The van der Waals surface area contributed by atoms with E-state index in [1.54, 1.807) is 12.1 Å². The summed E-state index contributed by atoms with van der Waals surface area (Å²) < 4.78 is 0. The van der Waals surface area contributed by atoms with Gasteiger partial charge in [-0.2, -0.15) is 0 Å². The number of imide groups is 2. The molecule has 8 heteroatoms. The number of carbonyl (C=O) groups excluding carboxylic acids is 4. The molecule has 30 heavy (non-hydrogen) atoms. The number of benzene rings is 1. The van der Waals surface area contributed by atoms with Gasteiger partial charge in [-0.15, -0.1) is 0 Å². The van der Waals surface area contributed by atoms with Gasteiger partial charge in [0.25, 0.3) is 11.8 Å². The van der Waals surface area contributed by atoms with E-state index < -0.39 is 23.8 Å². The molecule has 3 heterocycles. The Morgan fingerprint density at radius 3 is 2.63 bits per heavy atom. The van der Waals surface area contributed by atoms with Crippen LogP contribution in [0.25, 0.3) is 0 Å². The summed E-state index contributed by atoms with van der Waals surface area (Å²) in [5, 5.41) is 9.27. The van der Waals surface area contributed by atoms with E-state index in [9.17, 15) is 19.2 Å². The van der Waals surface area contributed by atoms with E-state index in [4.69, 9.17) is 0 Å². The lowest BCUT2D eigenvalue weighted by Crippen LogP contribution is -2.54. The van der Waals surface area contributed by atoms with Crippen molar-refractivity contribution in [3.8, 4) is 0 Å². The van der Waals surface area contributed by atoms with Crippen LogP contribution in [0.1, 0.15) is 64.8 Å². The van der Waals surface area contributed by atoms with Gasteiger partial charge in [0.05, 0.1) is 11.1 Å². The molecule has 1 saturated carbocycles. The molecule has 1 aliphatic carbocycles. The van der Waals surface area contributed by atoms with Crippen molar-refractivity contribution in [3.63, 3.8) is 0 Å². The zero-order chi connectivity index (χ0) is 20.9. The minimum atomic E-state index is -0.925. The summed E-state index contributed by atoms with van der Waals surface area (Å²) in [5.41, 5.74) is 2.04. The normalized spacial score (nSPS) is 30.2. The maximum atomic E-state index is 12.9. The van der Waals surface area contributed by atoms with E-state index in [0.29, 0.717) is 29.1 Å². The zero-order valence-corrected chi connectivity index (χ0v) is 16.8. The highest BCUT2D eigenvalue weighted by molar-refractivity contribution is 6.23. The molecule has 158 valence electrons. The Hall–Kier alpha value is -2.58. The molecule has 0 spiro atoms. The predicted molar refractivity (Wildman–Crippen MR) is 108 cm³/mol. The number of fused-ring (bicyclic) bond motifs is 3. The molecular formula is C22H26N4O4. The van der Waals surface area contributed by atoms with Gasteiger partial charge in [-0.1, -0.05) is 6.07 Å². The Balaban J connectivity index is 1.22. The van der Waals surface area contributed by atoms with Crippen LogP contribution in [-0.4, -0.2) is 53.7 Å². The van der Waals surface area contributed by atoms with Crippen molar-refractivity contribution in [1.82, 2.24) is 20.9 Å². The van der Waals surface area contributed by atoms with Crippen molar-refractivity contribution in [2.45, 2.75) is 57.2 Å². The summed E-state index contributed by atoms with van der Waals surface area (Å²) in [6.45, 7) is 2.66. The molecule has 1 aromatic carbocycles. The third-order valence-corrected chi connectivity index (χ3v) is 7.13. The molecule has 4 amide bonds. The van der Waals surface area contributed by atoms with Crippen molar-refractivity contribution in [3.05, 3.63) is 34.9 Å². The first kappa shape index (κ1) is 19.4. The molecule has 3 unspecified atom stereocenters. The number of nitrogens with one attached hydrogen (secondary N) is 3. The number of hydrogen-bond donors (Lipinski definition) is 3. The standard InChI is InChI=1S/C22H26N4O4/c27-18-4-3-17(19(28)25-18)26-20(29)15-2-1-13(9-16(15)21(26)30)11-23-8-7-22-6-5-14(10-22)24-12-22/h1-2,9,14,17,23-24H,3-8,10-12H2,(H,25,27,28). The number of amides is 4. The Kier molecular flexibility index (Phi) is 4.71. The Morgan fingerprint density at radius 1 is 1.10 bits per heavy atom. The minimum Gasteiger partial charge on any atom is -0.313 e. The molecule has 5 rings (SSSR count). The van der Waals surface area contributed by atoms with Crippen LogP contribution in [-0.2, 0) is 16.1 Å². The van der Waals surface area contributed by atoms with Crippen LogP contribution < -0.4 is 16.0 Å². The Labute approximate surface area is 174 Å². The van der Waals surface area contributed by atoms with E-state index >= 15 is 0 Å². The second-order valence-electron chi connectivity index (χ2n) is 9.07. The zero-order valence-electron chi connectivity index (χ0n) is 16.8. The van der Waals surface area contributed by atoms with Gasteiger partial charge in [0.2, 0.25) is 11.8 Å². The van der Waals surface area contributed by atoms with E-state index in [1.807, 2.05) is 6.07 Å². The van der Waals surface area contributed by atoms with Crippen LogP contribution in [0.2, 0.25) is 0 Å². The van der Waals surface area contributed by atoms with Crippen molar-refractivity contribution < 1.29 is 19.2 Å². The van der Waals surface area contributed by atoms with Gasteiger partial charge in [0.1, 0.15) is 6.04 Å². The highest BCUT2D eigenvalue weighted by Gasteiger charge is 2.45. The molecule has 0 aromatic heterocycles. The average molecular weight is 410 g/mol. The van der Waals surface area contributed by atoms with Gasteiger partial charge in [0, 0.05) is 25.6 Å². The largest absolute Gasteiger partial charge is 0.313 e. The summed E-state index contributed by atoms with van der Waals surface area (Å²) in [4.78, 5) is 50.2. The smallest absolute Gasteiger partial charge is 0.262 e. The van der Waals surface area contributed by atoms with E-state index in [1.165, 1.54) is 19.3 Å². The van der Waals surface area contributed by atoms with Crippen LogP contribution in [0, 0.1) is 5.41 Å². The highest BCUT2D eigenvalue weighted by atomic mass is 16.2. The lowest BCUT2D eigenvalue weighted by molar-refractivity contribution is -0.136. The molecule has 3 aliphatic heterocycles. The van der Waals surface area contributed by atoms with Crippen LogP contribution in [0.3, 0.4) is 0 Å². The number of hydrogen-bond acceptors (Lipinski definition) is 6. The molecule has 1 aromatic rings. The second-order valence-corrected chi connectivity index (χ2v) is 9.07. The monoisotopic (exact) mass is 410 g/mol. The molecule has 2 saturated heterocycles. The van der Waals surface area contributed by atoms with Gasteiger partial charge in [-0.05, 0) is 61.8 Å². The quantitative estimate of drug-likeness (QED) is 0.471. The summed E-state index contributed by atoms with van der Waals surface area (Å²) >= 11 is 0. The molecule has 3 N–H and O–H groups in total. The maximum absolute atomic E-state index is 12.9. The van der Waals surface area contributed by atoms with Crippen LogP contribution in [0.4, 0.5) is 0 Å². The first-order valence-corrected chi connectivity index (χ1v) is 10.7. The first-order valence-electron chi connectivity index (χ1n) is 10.7. The van der Waals surface area contributed by atoms with E-state index in [0.717, 1.165) is 30.0 Å². The number of piperidine rings is 2. The molecule has 3 atom stereocenters. The average Bonchev–Trinajstić information content (AvgIpc) is 3.40. The Morgan fingerprint density at radius 2 is 1.93 bits per heavy atom.